The van der Waals surface area contributed by atoms with Gasteiger partial charge in [-0.3, -0.25) is 14.4 Å². The highest BCUT2D eigenvalue weighted by molar-refractivity contribution is 9.14. The predicted octanol–water partition coefficient (Wildman–Crippen LogP) is 4.14. The quantitative estimate of drug-likeness (QED) is 0.653. The van der Waals surface area contributed by atoms with E-state index in [0.717, 1.165) is 27.2 Å². The van der Waals surface area contributed by atoms with Crippen LogP contribution in [0.5, 0.6) is 0 Å². The summed E-state index contributed by atoms with van der Waals surface area (Å²) in [5.41, 5.74) is 3.92. The Morgan fingerprint density at radius 3 is 2.08 bits per heavy atom. The van der Waals surface area contributed by atoms with Gasteiger partial charge in [0.25, 0.3) is 11.8 Å². The predicted molar refractivity (Wildman–Crippen MR) is 103 cm³/mol. The Morgan fingerprint density at radius 1 is 1.12 bits per heavy atom. The van der Waals surface area contributed by atoms with Gasteiger partial charge < -0.3 is 5.11 Å². The zero-order chi connectivity index (χ0) is 19.0. The Morgan fingerprint density at radius 2 is 1.64 bits per heavy atom. The van der Waals surface area contributed by atoms with Crippen LogP contribution in [0.1, 0.15) is 35.6 Å². The number of aryl methyl sites for hydroxylation is 2. The van der Waals surface area contributed by atoms with E-state index in [-0.39, 0.29) is 8.96 Å². The van der Waals surface area contributed by atoms with E-state index < -0.39 is 23.7 Å². The van der Waals surface area contributed by atoms with Crippen LogP contribution in [-0.4, -0.2) is 22.9 Å². The second-order valence-electron chi connectivity index (χ2n) is 6.18. The molecule has 1 unspecified atom stereocenters. The van der Waals surface area contributed by atoms with Crippen molar-refractivity contribution in [2.75, 3.05) is 4.90 Å². The molecule has 7 heteroatoms. The number of carboxylic acids is 1. The van der Waals surface area contributed by atoms with Crippen molar-refractivity contribution in [2.24, 2.45) is 5.92 Å². The lowest BCUT2D eigenvalue weighted by Crippen LogP contribution is -2.32. The second kappa shape index (κ2) is 7.41. The molecule has 1 N–H and O–H groups in total. The molecule has 1 aromatic carbocycles. The highest BCUT2D eigenvalue weighted by Crippen LogP contribution is 2.38. The number of aliphatic carboxylic acids is 1. The summed E-state index contributed by atoms with van der Waals surface area (Å²) in [5, 5.41) is 9.37. The van der Waals surface area contributed by atoms with Crippen molar-refractivity contribution in [1.82, 2.24) is 0 Å². The Hall–Kier alpha value is -1.47. The molecule has 0 fully saturated rings. The Balaban J connectivity index is 2.58. The van der Waals surface area contributed by atoms with E-state index in [4.69, 9.17) is 0 Å². The van der Waals surface area contributed by atoms with Crippen molar-refractivity contribution in [2.45, 2.75) is 40.5 Å². The summed E-state index contributed by atoms with van der Waals surface area (Å²) in [6.07, 6.45) is 0.875. The number of carbonyl (C=O) groups excluding carboxylic acids is 2. The molecule has 2 rings (SSSR count). The smallest absolute Gasteiger partial charge is 0.306 e. The van der Waals surface area contributed by atoms with E-state index in [1.54, 1.807) is 0 Å². The molecule has 0 bridgehead atoms. The highest BCUT2D eigenvalue weighted by atomic mass is 79.9. The van der Waals surface area contributed by atoms with E-state index in [9.17, 15) is 19.5 Å². The molecule has 134 valence electrons. The molecule has 1 aliphatic rings. The molecule has 0 saturated carbocycles. The lowest BCUT2D eigenvalue weighted by atomic mass is 9.88. The van der Waals surface area contributed by atoms with Gasteiger partial charge in [-0.15, -0.1) is 0 Å². The van der Waals surface area contributed by atoms with Gasteiger partial charge in [0, 0.05) is 0 Å². The molecule has 0 aromatic heterocycles. The number of carboxylic acid groups (broad SMARTS) is 1. The van der Waals surface area contributed by atoms with E-state index >= 15 is 0 Å². The SMILES string of the molecule is CCC(Cc1c(C)cc(C)c(N2C(=O)C(Br)=C(Br)C2=O)c1C)C(=O)O. The number of rotatable bonds is 5. The maximum atomic E-state index is 12.5. The number of carbonyl (C=O) groups is 3. The monoisotopic (exact) mass is 471 g/mol. The van der Waals surface area contributed by atoms with Gasteiger partial charge in [0.1, 0.15) is 8.96 Å². The number of hydrogen-bond acceptors (Lipinski definition) is 3. The van der Waals surface area contributed by atoms with Crippen molar-refractivity contribution in [3.8, 4) is 0 Å². The van der Waals surface area contributed by atoms with Gasteiger partial charge in [0.05, 0.1) is 11.6 Å². The first-order chi connectivity index (χ1) is 11.6. The van der Waals surface area contributed by atoms with Crippen molar-refractivity contribution >= 4 is 55.3 Å². The zero-order valence-corrected chi connectivity index (χ0v) is 17.6. The average Bonchev–Trinajstić information content (AvgIpc) is 2.72. The van der Waals surface area contributed by atoms with Gasteiger partial charge in [-0.05, 0) is 87.7 Å². The first-order valence-corrected chi connectivity index (χ1v) is 9.46. The third-order valence-electron chi connectivity index (χ3n) is 4.58. The first kappa shape index (κ1) is 19.8. The molecule has 5 nitrogen and oxygen atoms in total. The van der Waals surface area contributed by atoms with Crippen LogP contribution in [0.25, 0.3) is 0 Å². The van der Waals surface area contributed by atoms with Gasteiger partial charge in [0.2, 0.25) is 0 Å². The standard InChI is InChI=1S/C18H19Br2NO4/c1-5-11(18(24)25)7-12-8(2)6-9(3)15(10(12)4)21-16(22)13(19)14(20)17(21)23/h6,11H,5,7H2,1-4H3,(H,24,25). The molecular weight excluding hydrogens is 454 g/mol. The van der Waals surface area contributed by atoms with Crippen molar-refractivity contribution in [3.63, 3.8) is 0 Å². The molecule has 25 heavy (non-hydrogen) atoms. The number of halogens is 2. The first-order valence-electron chi connectivity index (χ1n) is 7.88. The normalized spacial score (nSPS) is 16.0. The van der Waals surface area contributed by atoms with Gasteiger partial charge in [-0.2, -0.15) is 0 Å². The summed E-state index contributed by atoms with van der Waals surface area (Å²) in [6.45, 7) is 7.43. The summed E-state index contributed by atoms with van der Waals surface area (Å²) in [7, 11) is 0. The van der Waals surface area contributed by atoms with Crippen LogP contribution in [0.3, 0.4) is 0 Å². The Labute approximate surface area is 163 Å². The third kappa shape index (κ3) is 3.44. The molecule has 1 aliphatic heterocycles. The van der Waals surface area contributed by atoms with Crippen molar-refractivity contribution in [3.05, 3.63) is 37.3 Å². The number of imide groups is 1. The molecular formula is C18H19Br2NO4. The van der Waals surface area contributed by atoms with Crippen LogP contribution in [0.15, 0.2) is 15.0 Å². The third-order valence-corrected chi connectivity index (χ3v) is 6.58. The lowest BCUT2D eigenvalue weighted by Gasteiger charge is -2.24. The fourth-order valence-electron chi connectivity index (χ4n) is 3.20. The zero-order valence-electron chi connectivity index (χ0n) is 14.4. The number of amides is 2. The molecule has 1 aromatic rings. The van der Waals surface area contributed by atoms with E-state index in [1.165, 1.54) is 0 Å². The van der Waals surface area contributed by atoms with Crippen LogP contribution in [0.4, 0.5) is 5.69 Å². The number of anilines is 1. The second-order valence-corrected chi connectivity index (χ2v) is 7.77. The Bertz CT molecular complexity index is 790. The summed E-state index contributed by atoms with van der Waals surface area (Å²) in [6, 6.07) is 1.90. The van der Waals surface area contributed by atoms with E-state index in [0.29, 0.717) is 18.5 Å². The minimum absolute atomic E-state index is 0.190. The summed E-state index contributed by atoms with van der Waals surface area (Å²) in [5.74, 6) is -2.20. The van der Waals surface area contributed by atoms with Crippen molar-refractivity contribution in [1.29, 1.82) is 0 Å². The summed E-state index contributed by atoms with van der Waals surface area (Å²) in [4.78, 5) is 37.5. The highest BCUT2D eigenvalue weighted by Gasteiger charge is 2.39. The topological polar surface area (TPSA) is 74.7 Å². The molecule has 1 atom stereocenters. The van der Waals surface area contributed by atoms with Gasteiger partial charge >= 0.3 is 5.97 Å². The van der Waals surface area contributed by atoms with Crippen LogP contribution in [-0.2, 0) is 20.8 Å². The Kier molecular flexibility index (Phi) is 5.89. The van der Waals surface area contributed by atoms with Crippen molar-refractivity contribution < 1.29 is 19.5 Å². The van der Waals surface area contributed by atoms with Crippen LogP contribution in [0.2, 0.25) is 0 Å². The maximum Gasteiger partial charge on any atom is 0.306 e. The number of nitrogens with zero attached hydrogens (tertiary/aromatic N) is 1. The maximum absolute atomic E-state index is 12.5. The van der Waals surface area contributed by atoms with Crippen LogP contribution >= 0.6 is 31.9 Å². The fraction of sp³-hybridized carbons (Fsp3) is 0.389. The van der Waals surface area contributed by atoms with Crippen LogP contribution in [0, 0.1) is 26.7 Å². The number of hydrogen-bond donors (Lipinski definition) is 1. The molecule has 0 aliphatic carbocycles. The van der Waals surface area contributed by atoms with Gasteiger partial charge in [0.15, 0.2) is 0 Å². The average molecular weight is 473 g/mol. The molecule has 1 heterocycles. The number of benzene rings is 1. The molecule has 0 saturated heterocycles. The molecule has 0 radical (unpaired) electrons. The minimum Gasteiger partial charge on any atom is -0.481 e. The molecule has 0 spiro atoms. The lowest BCUT2D eigenvalue weighted by molar-refractivity contribution is -0.141. The fourth-order valence-corrected chi connectivity index (χ4v) is 3.90. The largest absolute Gasteiger partial charge is 0.481 e. The van der Waals surface area contributed by atoms with Gasteiger partial charge in [-0.25, -0.2) is 4.90 Å². The summed E-state index contributed by atoms with van der Waals surface area (Å²) >= 11 is 6.29. The summed E-state index contributed by atoms with van der Waals surface area (Å²) < 4.78 is 0.380. The van der Waals surface area contributed by atoms with Gasteiger partial charge in [-0.1, -0.05) is 13.0 Å². The minimum atomic E-state index is -0.844. The van der Waals surface area contributed by atoms with E-state index in [1.807, 2.05) is 33.8 Å². The molecule has 2 amide bonds. The van der Waals surface area contributed by atoms with Crippen LogP contribution < -0.4 is 4.90 Å². The van der Waals surface area contributed by atoms with E-state index in [2.05, 4.69) is 31.9 Å².